The number of nitro benzene ring substituents is 1. The highest BCUT2D eigenvalue weighted by atomic mass is 16.6. The molecule has 1 N–H and O–H groups in total. The smallest absolute Gasteiger partial charge is 0.276 e. The van der Waals surface area contributed by atoms with Crippen molar-refractivity contribution in [1.82, 2.24) is 0 Å². The molecule has 6 heteroatoms. The van der Waals surface area contributed by atoms with Crippen LogP contribution in [-0.2, 0) is 0 Å². The van der Waals surface area contributed by atoms with Gasteiger partial charge in [0.25, 0.3) is 5.69 Å². The van der Waals surface area contributed by atoms with Crippen LogP contribution in [0.5, 0.6) is 11.5 Å². The van der Waals surface area contributed by atoms with E-state index >= 15 is 0 Å². The summed E-state index contributed by atoms with van der Waals surface area (Å²) in [6.07, 6.45) is 2.63. The SMILES string of the molecule is COc1cc(C(=O)C=Cc2ccccc2[N+](=O)[O-])ccc1O. The van der Waals surface area contributed by atoms with Gasteiger partial charge in [0, 0.05) is 11.6 Å². The number of carbonyl (C=O) groups is 1. The van der Waals surface area contributed by atoms with Crippen molar-refractivity contribution in [3.05, 3.63) is 69.8 Å². The Balaban J connectivity index is 2.27. The molecular weight excluding hydrogens is 286 g/mol. The van der Waals surface area contributed by atoms with E-state index in [1.54, 1.807) is 18.2 Å². The number of ketones is 1. The van der Waals surface area contributed by atoms with Gasteiger partial charge in [-0.25, -0.2) is 0 Å². The maximum absolute atomic E-state index is 12.1. The molecule has 0 saturated carbocycles. The van der Waals surface area contributed by atoms with Crippen LogP contribution >= 0.6 is 0 Å². The number of phenolic OH excluding ortho intramolecular Hbond substituents is 1. The van der Waals surface area contributed by atoms with Gasteiger partial charge in [0.05, 0.1) is 17.6 Å². The quantitative estimate of drug-likeness (QED) is 0.396. The first-order valence-electron chi connectivity index (χ1n) is 6.35. The minimum atomic E-state index is -0.506. The molecule has 0 aliphatic carbocycles. The Morgan fingerprint density at radius 2 is 2.00 bits per heavy atom. The molecule has 0 aliphatic heterocycles. The maximum atomic E-state index is 12.1. The number of para-hydroxylation sites is 1. The molecule has 0 aromatic heterocycles. The van der Waals surface area contributed by atoms with Crippen LogP contribution < -0.4 is 4.74 Å². The van der Waals surface area contributed by atoms with Crippen LogP contribution in [-0.4, -0.2) is 22.9 Å². The summed E-state index contributed by atoms with van der Waals surface area (Å²) in [5, 5.41) is 20.4. The third kappa shape index (κ3) is 3.29. The third-order valence-electron chi connectivity index (χ3n) is 3.01. The monoisotopic (exact) mass is 299 g/mol. The highest BCUT2D eigenvalue weighted by Crippen LogP contribution is 2.27. The van der Waals surface area contributed by atoms with Gasteiger partial charge >= 0.3 is 0 Å². The zero-order chi connectivity index (χ0) is 16.1. The highest BCUT2D eigenvalue weighted by molar-refractivity contribution is 6.07. The molecule has 0 aliphatic rings. The molecule has 2 aromatic rings. The van der Waals surface area contributed by atoms with Gasteiger partial charge in [-0.2, -0.15) is 0 Å². The summed E-state index contributed by atoms with van der Waals surface area (Å²) in [5.74, 6) is -0.233. The number of methoxy groups -OCH3 is 1. The number of phenols is 1. The molecular formula is C16H13NO5. The van der Waals surface area contributed by atoms with Crippen molar-refractivity contribution in [3.63, 3.8) is 0 Å². The Morgan fingerprint density at radius 1 is 1.27 bits per heavy atom. The molecule has 0 atom stereocenters. The number of ether oxygens (including phenoxy) is 1. The van der Waals surface area contributed by atoms with Crippen LogP contribution in [0.2, 0.25) is 0 Å². The van der Waals surface area contributed by atoms with E-state index in [-0.39, 0.29) is 23.0 Å². The lowest BCUT2D eigenvalue weighted by Crippen LogP contribution is -1.96. The van der Waals surface area contributed by atoms with E-state index < -0.39 is 4.92 Å². The number of hydrogen-bond acceptors (Lipinski definition) is 5. The zero-order valence-electron chi connectivity index (χ0n) is 11.7. The predicted octanol–water partition coefficient (Wildman–Crippen LogP) is 3.21. The van der Waals surface area contributed by atoms with E-state index in [1.165, 1.54) is 43.5 Å². The molecule has 22 heavy (non-hydrogen) atoms. The number of nitro groups is 1. The van der Waals surface area contributed by atoms with Crippen LogP contribution in [0.4, 0.5) is 5.69 Å². The van der Waals surface area contributed by atoms with Crippen LogP contribution in [0.3, 0.4) is 0 Å². The summed E-state index contributed by atoms with van der Waals surface area (Å²) < 4.78 is 4.93. The molecule has 0 radical (unpaired) electrons. The molecule has 0 amide bonds. The number of nitrogens with zero attached hydrogens (tertiary/aromatic N) is 1. The second-order valence-electron chi connectivity index (χ2n) is 4.40. The number of carbonyl (C=O) groups excluding carboxylic acids is 1. The van der Waals surface area contributed by atoms with Crippen molar-refractivity contribution < 1.29 is 19.6 Å². The first-order valence-corrected chi connectivity index (χ1v) is 6.35. The van der Waals surface area contributed by atoms with Gasteiger partial charge in [0.1, 0.15) is 0 Å². The number of allylic oxidation sites excluding steroid dienone is 1. The number of hydrogen-bond donors (Lipinski definition) is 1. The average molecular weight is 299 g/mol. The number of rotatable bonds is 5. The van der Waals surface area contributed by atoms with Gasteiger partial charge in [-0.1, -0.05) is 12.1 Å². The predicted molar refractivity (Wildman–Crippen MR) is 81.1 cm³/mol. The molecule has 0 unspecified atom stereocenters. The van der Waals surface area contributed by atoms with Gasteiger partial charge < -0.3 is 9.84 Å². The van der Waals surface area contributed by atoms with Gasteiger partial charge in [0.2, 0.25) is 0 Å². The van der Waals surface area contributed by atoms with Crippen molar-refractivity contribution in [2.24, 2.45) is 0 Å². The lowest BCUT2D eigenvalue weighted by atomic mass is 10.1. The Morgan fingerprint density at radius 3 is 2.68 bits per heavy atom. The molecule has 0 fully saturated rings. The summed E-state index contributed by atoms with van der Waals surface area (Å²) in [5.41, 5.74) is 0.575. The lowest BCUT2D eigenvalue weighted by molar-refractivity contribution is -0.385. The Kier molecular flexibility index (Phi) is 4.53. The third-order valence-corrected chi connectivity index (χ3v) is 3.01. The fourth-order valence-corrected chi connectivity index (χ4v) is 1.89. The number of aromatic hydroxyl groups is 1. The standard InChI is InChI=1S/C16H13NO5/c1-22-16-10-12(7-9-15(16)19)14(18)8-6-11-4-2-3-5-13(11)17(20)21/h2-10,19H,1H3. The second kappa shape index (κ2) is 6.53. The zero-order valence-corrected chi connectivity index (χ0v) is 11.7. The van der Waals surface area contributed by atoms with Gasteiger partial charge in [0.15, 0.2) is 17.3 Å². The lowest BCUT2D eigenvalue weighted by Gasteiger charge is -2.04. The van der Waals surface area contributed by atoms with Crippen molar-refractivity contribution in [2.75, 3.05) is 7.11 Å². The van der Waals surface area contributed by atoms with Crippen LogP contribution in [0.25, 0.3) is 6.08 Å². The van der Waals surface area contributed by atoms with E-state index in [2.05, 4.69) is 0 Å². The number of benzene rings is 2. The fourth-order valence-electron chi connectivity index (χ4n) is 1.89. The molecule has 0 bridgehead atoms. The van der Waals surface area contributed by atoms with Crippen LogP contribution in [0.15, 0.2) is 48.5 Å². The normalized spacial score (nSPS) is 10.6. The fraction of sp³-hybridized carbons (Fsp3) is 0.0625. The summed E-state index contributed by atoms with van der Waals surface area (Å²) in [4.78, 5) is 22.5. The average Bonchev–Trinajstić information content (AvgIpc) is 2.53. The van der Waals surface area contributed by atoms with Crippen molar-refractivity contribution in [1.29, 1.82) is 0 Å². The highest BCUT2D eigenvalue weighted by Gasteiger charge is 2.11. The molecule has 112 valence electrons. The van der Waals surface area contributed by atoms with Crippen molar-refractivity contribution >= 4 is 17.5 Å². The summed E-state index contributed by atoms with van der Waals surface area (Å²) in [6, 6.07) is 10.3. The molecule has 0 heterocycles. The Hall–Kier alpha value is -3.15. The van der Waals surface area contributed by atoms with Crippen LogP contribution in [0.1, 0.15) is 15.9 Å². The summed E-state index contributed by atoms with van der Waals surface area (Å²) in [6.45, 7) is 0. The topological polar surface area (TPSA) is 89.7 Å². The summed E-state index contributed by atoms with van der Waals surface area (Å²) >= 11 is 0. The van der Waals surface area contributed by atoms with E-state index in [0.29, 0.717) is 11.1 Å². The van der Waals surface area contributed by atoms with Crippen LogP contribution in [0, 0.1) is 10.1 Å². The molecule has 0 spiro atoms. The van der Waals surface area contributed by atoms with Gasteiger partial charge in [-0.15, -0.1) is 0 Å². The van der Waals surface area contributed by atoms with Crippen molar-refractivity contribution in [2.45, 2.75) is 0 Å². The van der Waals surface area contributed by atoms with E-state index in [9.17, 15) is 20.0 Å². The van der Waals surface area contributed by atoms with Gasteiger partial charge in [-0.3, -0.25) is 14.9 Å². The maximum Gasteiger partial charge on any atom is 0.276 e. The van der Waals surface area contributed by atoms with E-state index in [4.69, 9.17) is 4.74 Å². The van der Waals surface area contributed by atoms with E-state index in [1.807, 2.05) is 0 Å². The molecule has 0 saturated heterocycles. The Bertz CT molecular complexity index is 752. The van der Waals surface area contributed by atoms with Crippen molar-refractivity contribution in [3.8, 4) is 11.5 Å². The molecule has 6 nitrogen and oxygen atoms in total. The first-order chi connectivity index (χ1) is 10.5. The van der Waals surface area contributed by atoms with Gasteiger partial charge in [-0.05, 0) is 36.4 Å². The first kappa shape index (κ1) is 15.2. The van der Waals surface area contributed by atoms with E-state index in [0.717, 1.165) is 0 Å². The second-order valence-corrected chi connectivity index (χ2v) is 4.40. The molecule has 2 aromatic carbocycles. The largest absolute Gasteiger partial charge is 0.504 e. The summed E-state index contributed by atoms with van der Waals surface area (Å²) in [7, 11) is 1.38. The minimum absolute atomic E-state index is 0.0678. The minimum Gasteiger partial charge on any atom is -0.504 e. The Labute approximate surface area is 126 Å². The molecule has 2 rings (SSSR count).